The van der Waals surface area contributed by atoms with Crippen molar-refractivity contribution in [3.8, 4) is 11.5 Å². The van der Waals surface area contributed by atoms with Gasteiger partial charge in [-0.2, -0.15) is 0 Å². The number of halogens is 1. The van der Waals surface area contributed by atoms with Crippen LogP contribution >= 0.6 is 0 Å². The minimum Gasteiger partial charge on any atom is -0.457 e. The molecule has 6 heteroatoms. The summed E-state index contributed by atoms with van der Waals surface area (Å²) < 4.78 is 20.5. The molecule has 5 nitrogen and oxygen atoms in total. The highest BCUT2D eigenvalue weighted by Gasteiger charge is 2.17. The summed E-state index contributed by atoms with van der Waals surface area (Å²) in [4.78, 5) is 17.2. The van der Waals surface area contributed by atoms with Crippen LogP contribution in [0.25, 0.3) is 5.65 Å². The molecule has 146 valence electrons. The van der Waals surface area contributed by atoms with E-state index in [9.17, 15) is 9.18 Å². The topological polar surface area (TPSA) is 55.6 Å². The Balaban J connectivity index is 1.43. The van der Waals surface area contributed by atoms with E-state index in [-0.39, 0.29) is 11.7 Å². The third-order valence-corrected chi connectivity index (χ3v) is 4.66. The molecule has 0 atom stereocenters. The van der Waals surface area contributed by atoms with Crippen molar-refractivity contribution in [1.29, 1.82) is 0 Å². The van der Waals surface area contributed by atoms with Gasteiger partial charge in [0.15, 0.2) is 0 Å². The Morgan fingerprint density at radius 3 is 2.38 bits per heavy atom. The number of hydrogen-bond donors (Lipinski definition) is 1. The van der Waals surface area contributed by atoms with Crippen LogP contribution in [0.2, 0.25) is 0 Å². The molecule has 2 aromatic heterocycles. The highest BCUT2D eigenvalue weighted by Crippen LogP contribution is 2.22. The van der Waals surface area contributed by atoms with E-state index >= 15 is 0 Å². The first-order valence-electron chi connectivity index (χ1n) is 9.26. The lowest BCUT2D eigenvalue weighted by Gasteiger charge is -2.09. The molecular formula is C23H20FN3O2. The summed E-state index contributed by atoms with van der Waals surface area (Å²) in [6.45, 7) is 4.19. The molecule has 2 aromatic carbocycles. The van der Waals surface area contributed by atoms with E-state index in [0.717, 1.165) is 16.8 Å². The first-order valence-corrected chi connectivity index (χ1v) is 9.26. The van der Waals surface area contributed by atoms with E-state index < -0.39 is 0 Å². The number of ether oxygens (including phenoxy) is 1. The Morgan fingerprint density at radius 2 is 1.69 bits per heavy atom. The summed E-state index contributed by atoms with van der Waals surface area (Å²) in [5, 5.41) is 2.95. The van der Waals surface area contributed by atoms with Crippen LogP contribution in [0.4, 0.5) is 4.39 Å². The zero-order valence-electron chi connectivity index (χ0n) is 16.1. The van der Waals surface area contributed by atoms with Crippen molar-refractivity contribution in [2.24, 2.45) is 0 Å². The van der Waals surface area contributed by atoms with E-state index in [4.69, 9.17) is 4.74 Å². The summed E-state index contributed by atoms with van der Waals surface area (Å²) in [6.07, 6.45) is 1.85. The van der Waals surface area contributed by atoms with Gasteiger partial charge in [0.05, 0.1) is 5.69 Å². The van der Waals surface area contributed by atoms with Crippen molar-refractivity contribution in [3.05, 3.63) is 95.2 Å². The van der Waals surface area contributed by atoms with Crippen LogP contribution in [0.5, 0.6) is 11.5 Å². The lowest BCUT2D eigenvalue weighted by molar-refractivity contribution is 0.0944. The Morgan fingerprint density at radius 1 is 1.03 bits per heavy atom. The molecule has 0 saturated heterocycles. The quantitative estimate of drug-likeness (QED) is 0.533. The minimum absolute atomic E-state index is 0.174. The SMILES string of the molecule is Cc1nc2c(C)cccn2c1C(=O)NCc1ccc(Oc2ccc(F)cc2)cc1. The van der Waals surface area contributed by atoms with Crippen molar-refractivity contribution in [1.82, 2.24) is 14.7 Å². The Hall–Kier alpha value is -3.67. The number of amides is 1. The van der Waals surface area contributed by atoms with Gasteiger partial charge in [-0.25, -0.2) is 9.37 Å². The number of carbonyl (C=O) groups is 1. The van der Waals surface area contributed by atoms with E-state index in [2.05, 4.69) is 10.3 Å². The molecule has 0 aliphatic rings. The Bertz CT molecular complexity index is 1170. The molecule has 4 aromatic rings. The van der Waals surface area contributed by atoms with Crippen LogP contribution < -0.4 is 10.1 Å². The first kappa shape index (κ1) is 18.7. The first-order chi connectivity index (χ1) is 14.0. The largest absolute Gasteiger partial charge is 0.457 e. The van der Waals surface area contributed by atoms with Gasteiger partial charge < -0.3 is 10.1 Å². The second kappa shape index (κ2) is 7.75. The minimum atomic E-state index is -0.306. The molecule has 0 saturated carbocycles. The molecule has 2 heterocycles. The van der Waals surface area contributed by atoms with Gasteiger partial charge in [0.2, 0.25) is 0 Å². The van der Waals surface area contributed by atoms with E-state index in [1.165, 1.54) is 12.1 Å². The van der Waals surface area contributed by atoms with Crippen molar-refractivity contribution >= 4 is 11.6 Å². The predicted molar refractivity (Wildman–Crippen MR) is 109 cm³/mol. The maximum absolute atomic E-state index is 13.0. The third-order valence-electron chi connectivity index (χ3n) is 4.66. The number of nitrogens with zero attached hydrogens (tertiary/aromatic N) is 2. The summed E-state index contributed by atoms with van der Waals surface area (Å²) in [5.74, 6) is 0.720. The van der Waals surface area contributed by atoms with Crippen molar-refractivity contribution in [2.45, 2.75) is 20.4 Å². The van der Waals surface area contributed by atoms with E-state index in [0.29, 0.717) is 29.4 Å². The Labute approximate surface area is 167 Å². The highest BCUT2D eigenvalue weighted by molar-refractivity contribution is 5.94. The number of aryl methyl sites for hydroxylation is 2. The molecule has 0 fully saturated rings. The molecule has 0 radical (unpaired) electrons. The van der Waals surface area contributed by atoms with Gasteiger partial charge in [-0.15, -0.1) is 0 Å². The molecule has 0 unspecified atom stereocenters. The summed E-state index contributed by atoms with van der Waals surface area (Å²) in [6, 6.07) is 17.1. The van der Waals surface area contributed by atoms with Crippen LogP contribution in [0.1, 0.15) is 27.3 Å². The van der Waals surface area contributed by atoms with Crippen LogP contribution in [0, 0.1) is 19.7 Å². The maximum atomic E-state index is 13.0. The van der Waals surface area contributed by atoms with Gasteiger partial charge in [0.1, 0.15) is 28.7 Å². The maximum Gasteiger partial charge on any atom is 0.270 e. The molecule has 0 bridgehead atoms. The monoisotopic (exact) mass is 389 g/mol. The molecule has 0 aliphatic carbocycles. The fourth-order valence-corrected chi connectivity index (χ4v) is 3.17. The third kappa shape index (κ3) is 3.96. The van der Waals surface area contributed by atoms with E-state index in [1.54, 1.807) is 12.1 Å². The van der Waals surface area contributed by atoms with Gasteiger partial charge in [-0.1, -0.05) is 18.2 Å². The fraction of sp³-hybridized carbons (Fsp3) is 0.130. The van der Waals surface area contributed by atoms with Crippen LogP contribution in [-0.4, -0.2) is 15.3 Å². The lowest BCUT2D eigenvalue weighted by atomic mass is 10.2. The summed E-state index contributed by atoms with van der Waals surface area (Å²) in [7, 11) is 0. The average Bonchev–Trinajstić information content (AvgIpc) is 3.06. The summed E-state index contributed by atoms with van der Waals surface area (Å²) >= 11 is 0. The summed E-state index contributed by atoms with van der Waals surface area (Å²) in [5.41, 5.74) is 3.98. The smallest absolute Gasteiger partial charge is 0.270 e. The average molecular weight is 389 g/mol. The fourth-order valence-electron chi connectivity index (χ4n) is 3.17. The van der Waals surface area contributed by atoms with Gasteiger partial charge >= 0.3 is 0 Å². The van der Waals surface area contributed by atoms with Crippen LogP contribution in [0.15, 0.2) is 66.9 Å². The number of aromatic nitrogens is 2. The molecule has 4 rings (SSSR count). The lowest BCUT2D eigenvalue weighted by Crippen LogP contribution is -2.25. The van der Waals surface area contributed by atoms with Gasteiger partial charge in [-0.3, -0.25) is 9.20 Å². The van der Waals surface area contributed by atoms with Gasteiger partial charge in [0.25, 0.3) is 5.91 Å². The number of carbonyl (C=O) groups excluding carboxylic acids is 1. The van der Waals surface area contributed by atoms with Crippen molar-refractivity contribution in [3.63, 3.8) is 0 Å². The standard InChI is InChI=1S/C23H20FN3O2/c1-15-4-3-13-27-21(16(2)26-22(15)27)23(28)25-14-17-5-9-19(10-6-17)29-20-11-7-18(24)8-12-20/h3-13H,14H2,1-2H3,(H,25,28). The zero-order valence-corrected chi connectivity index (χ0v) is 16.1. The molecule has 1 amide bonds. The second-order valence-electron chi connectivity index (χ2n) is 6.81. The molecule has 0 aliphatic heterocycles. The predicted octanol–water partition coefficient (Wildman–Crippen LogP) is 4.81. The zero-order chi connectivity index (χ0) is 20.4. The number of pyridine rings is 1. The van der Waals surface area contributed by atoms with E-state index in [1.807, 2.05) is 60.8 Å². The van der Waals surface area contributed by atoms with Crippen LogP contribution in [0.3, 0.4) is 0 Å². The van der Waals surface area contributed by atoms with Crippen LogP contribution in [-0.2, 0) is 6.54 Å². The molecule has 0 spiro atoms. The number of nitrogens with one attached hydrogen (secondary N) is 1. The number of rotatable bonds is 5. The molecule has 1 N–H and O–H groups in total. The molecular weight excluding hydrogens is 369 g/mol. The van der Waals surface area contributed by atoms with Crippen molar-refractivity contribution < 1.29 is 13.9 Å². The Kier molecular flexibility index (Phi) is 4.99. The highest BCUT2D eigenvalue weighted by atomic mass is 19.1. The van der Waals surface area contributed by atoms with Crippen molar-refractivity contribution in [2.75, 3.05) is 0 Å². The van der Waals surface area contributed by atoms with Gasteiger partial charge in [0, 0.05) is 12.7 Å². The molecule has 29 heavy (non-hydrogen) atoms. The number of fused-ring (bicyclic) bond motifs is 1. The number of imidazole rings is 1. The second-order valence-corrected chi connectivity index (χ2v) is 6.81. The number of benzene rings is 2. The number of hydrogen-bond acceptors (Lipinski definition) is 3. The van der Waals surface area contributed by atoms with Gasteiger partial charge in [-0.05, 0) is 67.4 Å². The normalized spacial score (nSPS) is 10.9.